The number of alkyl carbamates (subject to hydrolysis) is 1. The van der Waals surface area contributed by atoms with E-state index in [-0.39, 0.29) is 18.9 Å². The molecule has 0 aliphatic heterocycles. The Morgan fingerprint density at radius 2 is 1.69 bits per heavy atom. The second-order valence-corrected chi connectivity index (χ2v) is 8.40. The first-order chi connectivity index (χ1) is 17.0. The van der Waals surface area contributed by atoms with Crippen LogP contribution < -0.4 is 5.32 Å². The Morgan fingerprint density at radius 1 is 1.00 bits per heavy atom. The van der Waals surface area contributed by atoms with E-state index in [1.54, 1.807) is 30.3 Å². The third kappa shape index (κ3) is 4.42. The number of nitriles is 1. The van der Waals surface area contributed by atoms with Gasteiger partial charge in [-0.05, 0) is 52.1 Å². The second kappa shape index (κ2) is 9.27. The van der Waals surface area contributed by atoms with Crippen LogP contribution in [0.15, 0.2) is 78.9 Å². The number of amides is 1. The van der Waals surface area contributed by atoms with Crippen LogP contribution in [0.2, 0.25) is 0 Å². The lowest BCUT2D eigenvalue weighted by Crippen LogP contribution is -2.42. The van der Waals surface area contributed by atoms with E-state index in [1.165, 1.54) is 0 Å². The fourth-order valence-electron chi connectivity index (χ4n) is 4.58. The van der Waals surface area contributed by atoms with E-state index in [9.17, 15) is 14.7 Å². The van der Waals surface area contributed by atoms with Crippen molar-refractivity contribution < 1.29 is 19.4 Å². The number of benzene rings is 3. The number of hydrogen-bond acceptors (Lipinski definition) is 5. The van der Waals surface area contributed by atoms with Crippen molar-refractivity contribution in [3.8, 4) is 17.2 Å². The maximum atomic E-state index is 12.6. The van der Waals surface area contributed by atoms with Crippen LogP contribution in [-0.2, 0) is 16.0 Å². The van der Waals surface area contributed by atoms with Gasteiger partial charge in [0.25, 0.3) is 0 Å². The Kier molecular flexibility index (Phi) is 5.86. The number of aromatic nitrogens is 1. The number of aliphatic carboxylic acids is 1. The Hall–Kier alpha value is -4.70. The third-order valence-electron chi connectivity index (χ3n) is 6.24. The molecular formula is C28H21N3O4. The van der Waals surface area contributed by atoms with Crippen LogP contribution in [0.4, 0.5) is 4.79 Å². The summed E-state index contributed by atoms with van der Waals surface area (Å²) in [5.41, 5.74) is 6.08. The molecule has 35 heavy (non-hydrogen) atoms. The smallest absolute Gasteiger partial charge is 0.407 e. The molecule has 0 fully saturated rings. The second-order valence-electron chi connectivity index (χ2n) is 8.40. The Balaban J connectivity index is 1.27. The van der Waals surface area contributed by atoms with Gasteiger partial charge in [-0.1, -0.05) is 54.6 Å². The van der Waals surface area contributed by atoms with E-state index in [2.05, 4.69) is 22.4 Å². The van der Waals surface area contributed by atoms with Crippen molar-refractivity contribution >= 4 is 23.0 Å². The molecule has 1 aliphatic carbocycles. The maximum Gasteiger partial charge on any atom is 0.407 e. The van der Waals surface area contributed by atoms with Crippen LogP contribution in [-0.4, -0.2) is 34.8 Å². The highest BCUT2D eigenvalue weighted by Crippen LogP contribution is 2.44. The first kappa shape index (κ1) is 22.1. The van der Waals surface area contributed by atoms with Gasteiger partial charge in [-0.3, -0.25) is 0 Å². The van der Waals surface area contributed by atoms with Crippen molar-refractivity contribution in [2.24, 2.45) is 0 Å². The molecule has 7 heteroatoms. The average molecular weight is 463 g/mol. The monoisotopic (exact) mass is 463 g/mol. The number of fused-ring (bicyclic) bond motifs is 4. The fraction of sp³-hybridized carbons (Fsp3) is 0.143. The van der Waals surface area contributed by atoms with Crippen LogP contribution in [0.5, 0.6) is 0 Å². The highest BCUT2D eigenvalue weighted by atomic mass is 16.5. The maximum absolute atomic E-state index is 12.6. The van der Waals surface area contributed by atoms with E-state index < -0.39 is 18.1 Å². The van der Waals surface area contributed by atoms with Crippen LogP contribution in [0.25, 0.3) is 22.0 Å². The molecule has 0 saturated heterocycles. The van der Waals surface area contributed by atoms with E-state index in [0.29, 0.717) is 11.2 Å². The van der Waals surface area contributed by atoms with Crippen LogP contribution in [0, 0.1) is 11.3 Å². The van der Waals surface area contributed by atoms with Gasteiger partial charge in [0, 0.05) is 17.7 Å². The number of ether oxygens (including phenoxy) is 1. The lowest BCUT2D eigenvalue weighted by molar-refractivity contribution is -0.139. The number of rotatable bonds is 6. The number of carboxylic acids is 1. The summed E-state index contributed by atoms with van der Waals surface area (Å²) in [6, 6.07) is 25.5. The highest BCUT2D eigenvalue weighted by Gasteiger charge is 2.29. The molecule has 0 bridgehead atoms. The van der Waals surface area contributed by atoms with Crippen LogP contribution >= 0.6 is 0 Å². The number of pyridine rings is 1. The van der Waals surface area contributed by atoms with Gasteiger partial charge < -0.3 is 15.2 Å². The molecule has 1 aliphatic rings. The Morgan fingerprint density at radius 3 is 2.34 bits per heavy atom. The van der Waals surface area contributed by atoms with E-state index >= 15 is 0 Å². The summed E-state index contributed by atoms with van der Waals surface area (Å²) in [6.07, 6.45) is -0.699. The highest BCUT2D eigenvalue weighted by molar-refractivity contribution is 5.83. The number of hydrogen-bond donors (Lipinski definition) is 2. The summed E-state index contributed by atoms with van der Waals surface area (Å²) >= 11 is 0. The molecule has 2 N–H and O–H groups in total. The molecule has 4 aromatic rings. The molecular weight excluding hydrogens is 442 g/mol. The molecule has 1 amide bonds. The molecule has 172 valence electrons. The van der Waals surface area contributed by atoms with Gasteiger partial charge in [-0.25, -0.2) is 14.6 Å². The molecule has 0 spiro atoms. The zero-order chi connectivity index (χ0) is 24.4. The largest absolute Gasteiger partial charge is 0.480 e. The van der Waals surface area contributed by atoms with E-state index in [1.807, 2.05) is 42.5 Å². The van der Waals surface area contributed by atoms with Gasteiger partial charge in [-0.15, -0.1) is 0 Å². The van der Waals surface area contributed by atoms with Gasteiger partial charge in [0.2, 0.25) is 0 Å². The predicted octanol–water partition coefficient (Wildman–Crippen LogP) is 4.64. The van der Waals surface area contributed by atoms with Crippen molar-refractivity contribution in [2.75, 3.05) is 6.61 Å². The van der Waals surface area contributed by atoms with Gasteiger partial charge >= 0.3 is 12.1 Å². The first-order valence-electron chi connectivity index (χ1n) is 11.2. The fourth-order valence-corrected chi connectivity index (χ4v) is 4.58. The summed E-state index contributed by atoms with van der Waals surface area (Å²) in [7, 11) is 0. The lowest BCUT2D eigenvalue weighted by atomic mass is 9.98. The number of carbonyl (C=O) groups is 2. The summed E-state index contributed by atoms with van der Waals surface area (Å²) in [6.45, 7) is 0.106. The van der Waals surface area contributed by atoms with Gasteiger partial charge in [0.15, 0.2) is 0 Å². The summed E-state index contributed by atoms with van der Waals surface area (Å²) in [5, 5.41) is 21.9. The topological polar surface area (TPSA) is 112 Å². The zero-order valence-electron chi connectivity index (χ0n) is 18.6. The van der Waals surface area contributed by atoms with Crippen molar-refractivity contribution in [2.45, 2.75) is 18.4 Å². The Bertz CT molecular complexity index is 1450. The summed E-state index contributed by atoms with van der Waals surface area (Å²) in [4.78, 5) is 28.7. The lowest BCUT2D eigenvalue weighted by Gasteiger charge is -2.17. The van der Waals surface area contributed by atoms with Crippen molar-refractivity contribution in [3.63, 3.8) is 0 Å². The van der Waals surface area contributed by atoms with Crippen LogP contribution in [0.3, 0.4) is 0 Å². The minimum Gasteiger partial charge on any atom is -0.480 e. The minimum atomic E-state index is -1.16. The molecule has 1 heterocycles. The average Bonchev–Trinajstić information content (AvgIpc) is 3.20. The first-order valence-corrected chi connectivity index (χ1v) is 11.2. The Labute approximate surface area is 201 Å². The van der Waals surface area contributed by atoms with E-state index in [0.717, 1.165) is 33.2 Å². The van der Waals surface area contributed by atoms with Gasteiger partial charge in [-0.2, -0.15) is 5.26 Å². The molecule has 0 radical (unpaired) electrons. The summed E-state index contributed by atoms with van der Waals surface area (Å²) in [5.74, 6) is -1.26. The normalized spacial score (nSPS) is 12.9. The number of carbonyl (C=O) groups excluding carboxylic acids is 1. The standard InChI is InChI=1S/C28H21N3O4/c29-15-19-11-10-18-13-17(9-12-25(18)30-19)14-26(27(32)33)31-28(34)35-16-24-22-7-3-1-5-20(22)21-6-2-4-8-23(21)24/h1-13,24,26H,14,16H2,(H,31,34)(H,32,33)/t26-/m0/s1. The molecule has 0 unspecified atom stereocenters. The number of nitrogens with zero attached hydrogens (tertiary/aromatic N) is 2. The van der Waals surface area contributed by atoms with Gasteiger partial charge in [0.05, 0.1) is 5.52 Å². The number of carboxylic acid groups (broad SMARTS) is 1. The molecule has 5 rings (SSSR count). The molecule has 7 nitrogen and oxygen atoms in total. The van der Waals surface area contributed by atoms with Crippen molar-refractivity contribution in [1.29, 1.82) is 5.26 Å². The van der Waals surface area contributed by atoms with Crippen molar-refractivity contribution in [1.82, 2.24) is 10.3 Å². The van der Waals surface area contributed by atoms with Crippen molar-refractivity contribution in [3.05, 3.63) is 101 Å². The molecule has 0 saturated carbocycles. The summed E-state index contributed by atoms with van der Waals surface area (Å²) < 4.78 is 5.50. The predicted molar refractivity (Wildman–Crippen MR) is 130 cm³/mol. The SMILES string of the molecule is N#Cc1ccc2cc(C[C@H](NC(=O)OCC3c4ccccc4-c4ccccc43)C(=O)O)ccc2n1. The molecule has 1 aromatic heterocycles. The third-order valence-corrected chi connectivity index (χ3v) is 6.24. The molecule has 3 aromatic carbocycles. The number of nitrogens with one attached hydrogen (secondary N) is 1. The van der Waals surface area contributed by atoms with E-state index in [4.69, 9.17) is 10.00 Å². The molecule has 1 atom stereocenters. The van der Waals surface area contributed by atoms with Gasteiger partial charge in [0.1, 0.15) is 24.4 Å². The quantitative estimate of drug-likeness (QED) is 0.431. The zero-order valence-corrected chi connectivity index (χ0v) is 18.6. The minimum absolute atomic E-state index is 0.0788. The van der Waals surface area contributed by atoms with Crippen LogP contribution in [0.1, 0.15) is 28.3 Å².